The highest BCUT2D eigenvalue weighted by Gasteiger charge is 2.33. The zero-order valence-corrected chi connectivity index (χ0v) is 19.7. The Hall–Kier alpha value is -2.14. The summed E-state index contributed by atoms with van der Waals surface area (Å²) < 4.78 is 0. The van der Waals surface area contributed by atoms with E-state index in [9.17, 15) is 4.79 Å². The molecular formula is C26H30ClN2OS+. The van der Waals surface area contributed by atoms with Crippen molar-refractivity contribution in [2.24, 2.45) is 5.92 Å². The van der Waals surface area contributed by atoms with Crippen molar-refractivity contribution < 1.29 is 9.69 Å². The quantitative estimate of drug-likeness (QED) is 0.499. The van der Waals surface area contributed by atoms with Crippen LogP contribution in [0, 0.1) is 5.92 Å². The highest BCUT2D eigenvalue weighted by Crippen LogP contribution is 2.36. The Bertz CT molecular complexity index is 1020. The fourth-order valence-corrected chi connectivity index (χ4v) is 5.68. The number of carbonyl (C=O) groups is 1. The lowest BCUT2D eigenvalue weighted by atomic mass is 9.92. The number of aryl methyl sites for hydroxylation is 1. The lowest BCUT2D eigenvalue weighted by Gasteiger charge is -2.34. The third-order valence-corrected chi connectivity index (χ3v) is 7.69. The molecule has 162 valence electrons. The van der Waals surface area contributed by atoms with E-state index in [4.69, 9.17) is 11.6 Å². The van der Waals surface area contributed by atoms with Crippen LogP contribution in [0.4, 0.5) is 5.00 Å². The standard InChI is InChI=1S/C26H29ClN2OS/c1-3-22-17-23(26(31-22)28-25(30)19-8-5-4-6-9-19)24(20-10-7-11-21(27)16-20)29-14-12-18(2)13-15-29/h4-11,16-18,24H,3,12-15H2,1-2H3,(H,28,30)/p+1/t24-/m0/s1. The molecule has 0 spiro atoms. The summed E-state index contributed by atoms with van der Waals surface area (Å²) in [6, 6.07) is 20.1. The molecule has 2 heterocycles. The van der Waals surface area contributed by atoms with E-state index in [1.165, 1.54) is 28.8 Å². The topological polar surface area (TPSA) is 33.5 Å². The first-order valence-corrected chi connectivity index (χ1v) is 12.3. The second kappa shape index (κ2) is 9.99. The molecule has 4 rings (SSSR count). The monoisotopic (exact) mass is 453 g/mol. The van der Waals surface area contributed by atoms with Gasteiger partial charge in [-0.25, -0.2) is 0 Å². The van der Waals surface area contributed by atoms with E-state index in [0.717, 1.165) is 35.5 Å². The molecular weight excluding hydrogens is 424 g/mol. The number of piperidine rings is 1. The van der Waals surface area contributed by atoms with Gasteiger partial charge in [-0.3, -0.25) is 4.79 Å². The highest BCUT2D eigenvalue weighted by molar-refractivity contribution is 7.16. The molecule has 0 bridgehead atoms. The summed E-state index contributed by atoms with van der Waals surface area (Å²) in [5.41, 5.74) is 3.10. The number of rotatable bonds is 6. The molecule has 1 aliphatic heterocycles. The van der Waals surface area contributed by atoms with Gasteiger partial charge in [0, 0.05) is 26.6 Å². The second-order valence-electron chi connectivity index (χ2n) is 8.50. The second-order valence-corrected chi connectivity index (χ2v) is 10.1. The molecule has 1 aromatic heterocycles. The molecule has 0 saturated carbocycles. The molecule has 31 heavy (non-hydrogen) atoms. The van der Waals surface area contributed by atoms with E-state index in [-0.39, 0.29) is 11.9 Å². The summed E-state index contributed by atoms with van der Waals surface area (Å²) in [6.45, 7) is 6.77. The van der Waals surface area contributed by atoms with E-state index in [0.29, 0.717) is 5.56 Å². The number of nitrogens with one attached hydrogen (secondary N) is 2. The van der Waals surface area contributed by atoms with Crippen LogP contribution in [0.15, 0.2) is 60.7 Å². The van der Waals surface area contributed by atoms with E-state index in [1.54, 1.807) is 16.2 Å². The first-order valence-electron chi connectivity index (χ1n) is 11.1. The van der Waals surface area contributed by atoms with Gasteiger partial charge >= 0.3 is 0 Å². The van der Waals surface area contributed by atoms with Crippen molar-refractivity contribution >= 4 is 33.8 Å². The van der Waals surface area contributed by atoms with Crippen LogP contribution in [0.2, 0.25) is 5.02 Å². The number of carbonyl (C=O) groups excluding carboxylic acids is 1. The van der Waals surface area contributed by atoms with E-state index in [2.05, 4.69) is 37.4 Å². The zero-order valence-electron chi connectivity index (χ0n) is 18.2. The molecule has 2 aromatic carbocycles. The van der Waals surface area contributed by atoms with Crippen LogP contribution in [-0.4, -0.2) is 19.0 Å². The minimum atomic E-state index is -0.0570. The predicted octanol–water partition coefficient (Wildman–Crippen LogP) is 5.62. The third kappa shape index (κ3) is 5.20. The largest absolute Gasteiger partial charge is 0.325 e. The Labute approximate surface area is 194 Å². The predicted molar refractivity (Wildman–Crippen MR) is 130 cm³/mol. The number of hydrogen-bond donors (Lipinski definition) is 2. The first kappa shape index (κ1) is 22.1. The Morgan fingerprint density at radius 2 is 1.87 bits per heavy atom. The SMILES string of the molecule is CCc1cc([C@H](c2cccc(Cl)c2)[NH+]2CCC(C)CC2)c(NC(=O)c2ccccc2)s1. The van der Waals surface area contributed by atoms with Crippen molar-refractivity contribution in [1.29, 1.82) is 0 Å². The van der Waals surface area contributed by atoms with E-state index >= 15 is 0 Å². The van der Waals surface area contributed by atoms with Crippen LogP contribution in [-0.2, 0) is 6.42 Å². The Morgan fingerprint density at radius 3 is 2.55 bits per heavy atom. The van der Waals surface area contributed by atoms with Crippen LogP contribution in [0.5, 0.6) is 0 Å². The van der Waals surface area contributed by atoms with Gasteiger partial charge in [0.05, 0.1) is 13.1 Å². The zero-order chi connectivity index (χ0) is 21.8. The van der Waals surface area contributed by atoms with Crippen molar-refractivity contribution in [2.45, 2.75) is 39.2 Å². The van der Waals surface area contributed by atoms with Gasteiger partial charge in [0.2, 0.25) is 0 Å². The third-order valence-electron chi connectivity index (χ3n) is 6.24. The molecule has 1 fully saturated rings. The molecule has 1 atom stereocenters. The minimum Gasteiger partial charge on any atom is -0.325 e. The van der Waals surface area contributed by atoms with Gasteiger partial charge in [-0.1, -0.05) is 55.8 Å². The molecule has 2 N–H and O–H groups in total. The van der Waals surface area contributed by atoms with Crippen LogP contribution >= 0.6 is 22.9 Å². The number of thiophene rings is 1. The Morgan fingerprint density at radius 1 is 1.13 bits per heavy atom. The summed E-state index contributed by atoms with van der Waals surface area (Å²) in [5, 5.41) is 4.95. The Balaban J connectivity index is 1.73. The number of halogens is 1. The summed E-state index contributed by atoms with van der Waals surface area (Å²) in [5.74, 6) is 0.716. The summed E-state index contributed by atoms with van der Waals surface area (Å²) in [6.07, 6.45) is 3.40. The maximum atomic E-state index is 13.0. The van der Waals surface area contributed by atoms with E-state index in [1.807, 2.05) is 42.5 Å². The number of quaternary nitrogens is 1. The number of anilines is 1. The van der Waals surface area contributed by atoms with Gasteiger partial charge in [-0.05, 0) is 55.5 Å². The first-order chi connectivity index (χ1) is 15.0. The van der Waals surface area contributed by atoms with Crippen molar-refractivity contribution in [3.63, 3.8) is 0 Å². The van der Waals surface area contributed by atoms with Crippen molar-refractivity contribution in [3.8, 4) is 0 Å². The van der Waals surface area contributed by atoms with Crippen LogP contribution < -0.4 is 10.2 Å². The average Bonchev–Trinajstić information content (AvgIpc) is 3.18. The molecule has 0 unspecified atom stereocenters. The van der Waals surface area contributed by atoms with Gasteiger partial charge in [0.15, 0.2) is 0 Å². The maximum absolute atomic E-state index is 13.0. The lowest BCUT2D eigenvalue weighted by Crippen LogP contribution is -3.13. The van der Waals surface area contributed by atoms with Crippen LogP contribution in [0.25, 0.3) is 0 Å². The number of benzene rings is 2. The summed E-state index contributed by atoms with van der Waals surface area (Å²) in [7, 11) is 0. The molecule has 1 saturated heterocycles. The summed E-state index contributed by atoms with van der Waals surface area (Å²) >= 11 is 8.09. The summed E-state index contributed by atoms with van der Waals surface area (Å²) in [4.78, 5) is 15.8. The average molecular weight is 454 g/mol. The highest BCUT2D eigenvalue weighted by atomic mass is 35.5. The van der Waals surface area contributed by atoms with E-state index < -0.39 is 0 Å². The van der Waals surface area contributed by atoms with Gasteiger partial charge < -0.3 is 10.2 Å². The normalized spacial score (nSPS) is 19.7. The Kier molecular flexibility index (Phi) is 7.11. The molecule has 0 radical (unpaired) electrons. The minimum absolute atomic E-state index is 0.0570. The van der Waals surface area contributed by atoms with Crippen LogP contribution in [0.1, 0.15) is 59.1 Å². The smallest absolute Gasteiger partial charge is 0.256 e. The lowest BCUT2D eigenvalue weighted by molar-refractivity contribution is -0.931. The van der Waals surface area contributed by atoms with Crippen molar-refractivity contribution in [3.05, 3.63) is 87.3 Å². The van der Waals surface area contributed by atoms with Gasteiger partial charge in [0.25, 0.3) is 5.91 Å². The molecule has 5 heteroatoms. The van der Waals surface area contributed by atoms with Crippen molar-refractivity contribution in [1.82, 2.24) is 0 Å². The molecule has 3 aromatic rings. The fourth-order valence-electron chi connectivity index (χ4n) is 4.45. The molecule has 3 nitrogen and oxygen atoms in total. The van der Waals surface area contributed by atoms with Gasteiger partial charge in [-0.15, -0.1) is 11.3 Å². The molecule has 0 aliphatic carbocycles. The van der Waals surface area contributed by atoms with Gasteiger partial charge in [0.1, 0.15) is 11.0 Å². The van der Waals surface area contributed by atoms with Crippen molar-refractivity contribution in [2.75, 3.05) is 18.4 Å². The van der Waals surface area contributed by atoms with Crippen LogP contribution in [0.3, 0.4) is 0 Å². The molecule has 1 amide bonds. The van der Waals surface area contributed by atoms with Gasteiger partial charge in [-0.2, -0.15) is 0 Å². The maximum Gasteiger partial charge on any atom is 0.256 e. The molecule has 1 aliphatic rings. The number of amides is 1. The number of hydrogen-bond acceptors (Lipinski definition) is 2. The fraction of sp³-hybridized carbons (Fsp3) is 0.346. The number of likely N-dealkylation sites (tertiary alicyclic amines) is 1.